The lowest BCUT2D eigenvalue weighted by Crippen LogP contribution is -2.12. The van der Waals surface area contributed by atoms with Crippen molar-refractivity contribution in [2.45, 2.75) is 13.0 Å². The molecule has 0 aliphatic carbocycles. The molecule has 0 saturated carbocycles. The largest absolute Gasteiger partial charge is 0.387 e. The summed E-state index contributed by atoms with van der Waals surface area (Å²) in [6.45, 7) is 1.93. The van der Waals surface area contributed by atoms with Gasteiger partial charge in [-0.25, -0.2) is 4.39 Å². The van der Waals surface area contributed by atoms with Crippen molar-refractivity contribution < 1.29 is 9.50 Å². The van der Waals surface area contributed by atoms with Crippen molar-refractivity contribution in [2.75, 3.05) is 6.54 Å². The monoisotopic (exact) mass is 169 g/mol. The van der Waals surface area contributed by atoms with Gasteiger partial charge in [0, 0.05) is 6.54 Å². The van der Waals surface area contributed by atoms with Gasteiger partial charge in [-0.05, 0) is 30.2 Å². The van der Waals surface area contributed by atoms with Gasteiger partial charge in [0.05, 0.1) is 6.10 Å². The summed E-state index contributed by atoms with van der Waals surface area (Å²) >= 11 is 0. The predicted molar refractivity (Wildman–Crippen MR) is 45.2 cm³/mol. The molecule has 3 N–H and O–H groups in total. The number of nitrogens with two attached hydrogens (primary N) is 1. The Morgan fingerprint density at radius 3 is 2.83 bits per heavy atom. The molecule has 0 unspecified atom stereocenters. The average Bonchev–Trinajstić information content (AvgIpc) is 2.08. The molecule has 66 valence electrons. The van der Waals surface area contributed by atoms with Crippen LogP contribution in [-0.4, -0.2) is 11.7 Å². The van der Waals surface area contributed by atoms with Crippen LogP contribution in [0.15, 0.2) is 18.2 Å². The molecule has 1 aromatic rings. The van der Waals surface area contributed by atoms with Crippen LogP contribution in [0.1, 0.15) is 17.2 Å². The first-order valence-electron chi connectivity index (χ1n) is 3.79. The highest BCUT2D eigenvalue weighted by Gasteiger charge is 2.08. The fourth-order valence-corrected chi connectivity index (χ4v) is 1.10. The van der Waals surface area contributed by atoms with E-state index in [1.165, 1.54) is 12.1 Å². The Bertz CT molecular complexity index is 275. The first-order chi connectivity index (χ1) is 5.65. The molecule has 0 aliphatic rings. The van der Waals surface area contributed by atoms with Crippen LogP contribution in [0.2, 0.25) is 0 Å². The summed E-state index contributed by atoms with van der Waals surface area (Å²) in [4.78, 5) is 0. The van der Waals surface area contributed by atoms with E-state index in [0.717, 1.165) is 5.56 Å². The molecule has 3 heteroatoms. The Labute approximate surface area is 70.8 Å². The lowest BCUT2D eigenvalue weighted by atomic mass is 10.0. The number of aliphatic hydroxyl groups is 1. The van der Waals surface area contributed by atoms with Gasteiger partial charge in [0.15, 0.2) is 0 Å². The average molecular weight is 169 g/mol. The van der Waals surface area contributed by atoms with Gasteiger partial charge in [-0.3, -0.25) is 0 Å². The molecule has 0 spiro atoms. The molecule has 0 saturated heterocycles. The van der Waals surface area contributed by atoms with E-state index in [2.05, 4.69) is 0 Å². The number of hydrogen-bond donors (Lipinski definition) is 2. The number of benzene rings is 1. The summed E-state index contributed by atoms with van der Waals surface area (Å²) in [5.41, 5.74) is 6.67. The Morgan fingerprint density at radius 2 is 2.25 bits per heavy atom. The molecule has 1 rings (SSSR count). The van der Waals surface area contributed by atoms with E-state index in [-0.39, 0.29) is 12.4 Å². The SMILES string of the molecule is Cc1ccc(F)cc1[C@H](O)CN. The quantitative estimate of drug-likeness (QED) is 0.697. The Hall–Kier alpha value is -0.930. The third-order valence-electron chi connectivity index (χ3n) is 1.82. The maximum Gasteiger partial charge on any atom is 0.123 e. The lowest BCUT2D eigenvalue weighted by molar-refractivity contribution is 0.185. The summed E-state index contributed by atoms with van der Waals surface area (Å²) in [5.74, 6) is -0.344. The normalized spacial score (nSPS) is 13.0. The van der Waals surface area contributed by atoms with Gasteiger partial charge in [0.25, 0.3) is 0 Å². The third kappa shape index (κ3) is 1.81. The molecule has 0 fully saturated rings. The predicted octanol–water partition coefficient (Wildman–Crippen LogP) is 1.13. The second-order valence-corrected chi connectivity index (χ2v) is 2.75. The molecular weight excluding hydrogens is 157 g/mol. The van der Waals surface area contributed by atoms with Crippen LogP contribution < -0.4 is 5.73 Å². The highest BCUT2D eigenvalue weighted by molar-refractivity contribution is 5.28. The maximum absolute atomic E-state index is 12.7. The minimum Gasteiger partial charge on any atom is -0.387 e. The molecule has 0 amide bonds. The number of aliphatic hydroxyl groups excluding tert-OH is 1. The highest BCUT2D eigenvalue weighted by Crippen LogP contribution is 2.17. The molecule has 12 heavy (non-hydrogen) atoms. The van der Waals surface area contributed by atoms with Crippen molar-refractivity contribution in [2.24, 2.45) is 5.73 Å². The molecule has 2 nitrogen and oxygen atoms in total. The van der Waals surface area contributed by atoms with Crippen molar-refractivity contribution in [3.63, 3.8) is 0 Å². The first kappa shape index (κ1) is 9.16. The van der Waals surface area contributed by atoms with Gasteiger partial charge >= 0.3 is 0 Å². The van der Waals surface area contributed by atoms with Gasteiger partial charge in [0.2, 0.25) is 0 Å². The fraction of sp³-hybridized carbons (Fsp3) is 0.333. The molecule has 0 aromatic heterocycles. The number of halogens is 1. The zero-order valence-electron chi connectivity index (χ0n) is 6.92. The molecule has 0 aliphatic heterocycles. The van der Waals surface area contributed by atoms with Crippen LogP contribution in [-0.2, 0) is 0 Å². The topological polar surface area (TPSA) is 46.2 Å². The van der Waals surface area contributed by atoms with Crippen molar-refractivity contribution in [1.29, 1.82) is 0 Å². The van der Waals surface area contributed by atoms with Crippen LogP contribution in [0.4, 0.5) is 4.39 Å². The van der Waals surface area contributed by atoms with E-state index in [1.807, 2.05) is 6.92 Å². The van der Waals surface area contributed by atoms with E-state index in [1.54, 1.807) is 6.07 Å². The zero-order chi connectivity index (χ0) is 9.14. The van der Waals surface area contributed by atoms with Gasteiger partial charge in [-0.1, -0.05) is 6.07 Å². The van der Waals surface area contributed by atoms with Crippen molar-refractivity contribution >= 4 is 0 Å². The molecule has 1 atom stereocenters. The second kappa shape index (κ2) is 3.65. The summed E-state index contributed by atoms with van der Waals surface area (Å²) < 4.78 is 12.7. The minimum absolute atomic E-state index is 0.115. The lowest BCUT2D eigenvalue weighted by Gasteiger charge is -2.10. The molecule has 0 bridgehead atoms. The van der Waals surface area contributed by atoms with Gasteiger partial charge < -0.3 is 10.8 Å². The summed E-state index contributed by atoms with van der Waals surface area (Å²) in [6, 6.07) is 4.30. The molecule has 0 radical (unpaired) electrons. The second-order valence-electron chi connectivity index (χ2n) is 2.75. The zero-order valence-corrected chi connectivity index (χ0v) is 6.92. The van der Waals surface area contributed by atoms with E-state index in [4.69, 9.17) is 5.73 Å². The van der Waals surface area contributed by atoms with Crippen LogP contribution >= 0.6 is 0 Å². The van der Waals surface area contributed by atoms with E-state index in [0.29, 0.717) is 5.56 Å². The smallest absolute Gasteiger partial charge is 0.123 e. The number of hydrogen-bond acceptors (Lipinski definition) is 2. The Morgan fingerprint density at radius 1 is 1.58 bits per heavy atom. The van der Waals surface area contributed by atoms with E-state index in [9.17, 15) is 9.50 Å². The Balaban J connectivity index is 3.04. The van der Waals surface area contributed by atoms with Gasteiger partial charge in [-0.2, -0.15) is 0 Å². The first-order valence-corrected chi connectivity index (χ1v) is 3.79. The number of aryl methyl sites for hydroxylation is 1. The van der Waals surface area contributed by atoms with Gasteiger partial charge in [-0.15, -0.1) is 0 Å². The summed E-state index contributed by atoms with van der Waals surface area (Å²) in [6.07, 6.45) is -0.763. The van der Waals surface area contributed by atoms with E-state index >= 15 is 0 Å². The molecular formula is C9H12FNO. The van der Waals surface area contributed by atoms with Crippen molar-refractivity contribution in [3.8, 4) is 0 Å². The maximum atomic E-state index is 12.7. The standard InChI is InChI=1S/C9H12FNO/c1-6-2-3-7(10)4-8(6)9(12)5-11/h2-4,9,12H,5,11H2,1H3/t9-/m1/s1. The van der Waals surface area contributed by atoms with E-state index < -0.39 is 6.10 Å². The van der Waals surface area contributed by atoms with Gasteiger partial charge in [0.1, 0.15) is 5.82 Å². The fourth-order valence-electron chi connectivity index (χ4n) is 1.10. The van der Waals surface area contributed by atoms with Crippen molar-refractivity contribution in [3.05, 3.63) is 35.1 Å². The Kier molecular flexibility index (Phi) is 2.78. The minimum atomic E-state index is -0.763. The highest BCUT2D eigenvalue weighted by atomic mass is 19.1. The third-order valence-corrected chi connectivity index (χ3v) is 1.82. The van der Waals surface area contributed by atoms with Crippen LogP contribution in [0.3, 0.4) is 0 Å². The number of rotatable bonds is 2. The summed E-state index contributed by atoms with van der Waals surface area (Å²) in [5, 5.41) is 9.34. The van der Waals surface area contributed by atoms with Crippen LogP contribution in [0.25, 0.3) is 0 Å². The molecule has 1 aromatic carbocycles. The van der Waals surface area contributed by atoms with Crippen LogP contribution in [0.5, 0.6) is 0 Å². The molecule has 0 heterocycles. The van der Waals surface area contributed by atoms with Crippen LogP contribution in [0, 0.1) is 12.7 Å². The summed E-state index contributed by atoms with van der Waals surface area (Å²) in [7, 11) is 0. The van der Waals surface area contributed by atoms with Crippen molar-refractivity contribution in [1.82, 2.24) is 0 Å².